The Bertz CT molecular complexity index is 992. The molecule has 0 amide bonds. The van der Waals surface area contributed by atoms with Crippen molar-refractivity contribution < 1.29 is 10.2 Å². The highest BCUT2D eigenvalue weighted by molar-refractivity contribution is 6.07. The molecule has 2 N–H and O–H groups in total. The summed E-state index contributed by atoms with van der Waals surface area (Å²) in [6.45, 7) is 0. The topological polar surface area (TPSA) is 40.5 Å². The Hall–Kier alpha value is -3.00. The SMILES string of the molecule is Oc1ccc2ccc(O)c(-c3cccc4ccccc34)c2c1. The summed E-state index contributed by atoms with van der Waals surface area (Å²) in [7, 11) is 0. The number of benzene rings is 4. The van der Waals surface area contributed by atoms with Crippen LogP contribution in [0.2, 0.25) is 0 Å². The van der Waals surface area contributed by atoms with Crippen LogP contribution >= 0.6 is 0 Å². The average molecular weight is 286 g/mol. The Balaban J connectivity index is 2.16. The van der Waals surface area contributed by atoms with Crippen molar-refractivity contribution in [3.05, 3.63) is 72.8 Å². The number of phenolic OH excluding ortho intramolecular Hbond substituents is 2. The van der Waals surface area contributed by atoms with Crippen LogP contribution in [0.15, 0.2) is 72.8 Å². The molecule has 106 valence electrons. The first-order valence-electron chi connectivity index (χ1n) is 7.17. The standard InChI is InChI=1S/C20H14O2/c21-15-10-8-14-9-11-19(22)20(18(14)12-15)17-7-3-5-13-4-1-2-6-16(13)17/h1-12,21-22H. The van der Waals surface area contributed by atoms with Crippen LogP contribution in [0.3, 0.4) is 0 Å². The lowest BCUT2D eigenvalue weighted by molar-refractivity contribution is 0.475. The second-order valence-electron chi connectivity index (χ2n) is 5.39. The molecule has 0 unspecified atom stereocenters. The van der Waals surface area contributed by atoms with Crippen LogP contribution in [-0.4, -0.2) is 10.2 Å². The zero-order valence-electron chi connectivity index (χ0n) is 11.8. The quantitative estimate of drug-likeness (QED) is 0.513. The van der Waals surface area contributed by atoms with Crippen LogP contribution in [0.1, 0.15) is 0 Å². The van der Waals surface area contributed by atoms with Gasteiger partial charge in [-0.1, -0.05) is 54.6 Å². The van der Waals surface area contributed by atoms with E-state index >= 15 is 0 Å². The van der Waals surface area contributed by atoms with Crippen molar-refractivity contribution in [1.29, 1.82) is 0 Å². The molecule has 0 spiro atoms. The Morgan fingerprint density at radius 2 is 1.32 bits per heavy atom. The second kappa shape index (κ2) is 4.78. The van der Waals surface area contributed by atoms with Gasteiger partial charge in [-0.3, -0.25) is 0 Å². The maximum atomic E-state index is 10.4. The minimum atomic E-state index is 0.194. The lowest BCUT2D eigenvalue weighted by Gasteiger charge is -2.12. The number of hydrogen-bond donors (Lipinski definition) is 2. The van der Waals surface area contributed by atoms with E-state index in [1.165, 1.54) is 0 Å². The summed E-state index contributed by atoms with van der Waals surface area (Å²) < 4.78 is 0. The van der Waals surface area contributed by atoms with Crippen LogP contribution in [-0.2, 0) is 0 Å². The van der Waals surface area contributed by atoms with Crippen LogP contribution in [0.25, 0.3) is 32.7 Å². The highest BCUT2D eigenvalue weighted by Gasteiger charge is 2.12. The smallest absolute Gasteiger partial charge is 0.124 e. The van der Waals surface area contributed by atoms with E-state index in [4.69, 9.17) is 0 Å². The molecule has 0 saturated carbocycles. The minimum absolute atomic E-state index is 0.194. The first-order chi connectivity index (χ1) is 10.7. The number of aromatic hydroxyl groups is 2. The van der Waals surface area contributed by atoms with Crippen molar-refractivity contribution in [3.8, 4) is 22.6 Å². The van der Waals surface area contributed by atoms with Gasteiger partial charge in [-0.15, -0.1) is 0 Å². The Labute approximate surface area is 127 Å². The van der Waals surface area contributed by atoms with Crippen LogP contribution in [0.5, 0.6) is 11.5 Å². The number of fused-ring (bicyclic) bond motifs is 2. The molecular formula is C20H14O2. The molecule has 2 nitrogen and oxygen atoms in total. The predicted molar refractivity (Wildman–Crippen MR) is 90.2 cm³/mol. The van der Waals surface area contributed by atoms with Crippen molar-refractivity contribution >= 4 is 21.5 Å². The van der Waals surface area contributed by atoms with E-state index in [9.17, 15) is 10.2 Å². The molecule has 4 aromatic carbocycles. The molecule has 0 aliphatic heterocycles. The van der Waals surface area contributed by atoms with Gasteiger partial charge in [0.15, 0.2) is 0 Å². The van der Waals surface area contributed by atoms with E-state index < -0.39 is 0 Å². The molecule has 0 aromatic heterocycles. The van der Waals surface area contributed by atoms with Gasteiger partial charge < -0.3 is 10.2 Å². The maximum Gasteiger partial charge on any atom is 0.124 e. The Morgan fingerprint density at radius 3 is 2.23 bits per heavy atom. The normalized spacial score (nSPS) is 11.1. The van der Waals surface area contributed by atoms with Gasteiger partial charge in [-0.2, -0.15) is 0 Å². The third-order valence-electron chi connectivity index (χ3n) is 4.04. The van der Waals surface area contributed by atoms with Crippen molar-refractivity contribution in [1.82, 2.24) is 0 Å². The number of phenols is 2. The van der Waals surface area contributed by atoms with Gasteiger partial charge in [0.05, 0.1) is 0 Å². The van der Waals surface area contributed by atoms with Gasteiger partial charge in [0.25, 0.3) is 0 Å². The molecule has 0 atom stereocenters. The largest absolute Gasteiger partial charge is 0.508 e. The lowest BCUT2D eigenvalue weighted by Crippen LogP contribution is -1.85. The molecule has 22 heavy (non-hydrogen) atoms. The Morgan fingerprint density at radius 1 is 0.591 bits per heavy atom. The fraction of sp³-hybridized carbons (Fsp3) is 0. The molecule has 4 rings (SSSR count). The summed E-state index contributed by atoms with van der Waals surface area (Å²) in [5.74, 6) is 0.411. The van der Waals surface area contributed by atoms with E-state index in [1.54, 1.807) is 18.2 Å². The first kappa shape index (κ1) is 12.7. The van der Waals surface area contributed by atoms with E-state index in [-0.39, 0.29) is 11.5 Å². The van der Waals surface area contributed by atoms with E-state index in [0.717, 1.165) is 32.7 Å². The summed E-state index contributed by atoms with van der Waals surface area (Å²) in [4.78, 5) is 0. The molecule has 0 saturated heterocycles. The number of hydrogen-bond acceptors (Lipinski definition) is 2. The molecule has 0 fully saturated rings. The number of rotatable bonds is 1. The molecule has 0 aliphatic rings. The van der Waals surface area contributed by atoms with Crippen LogP contribution < -0.4 is 0 Å². The molecule has 0 bridgehead atoms. The van der Waals surface area contributed by atoms with Crippen molar-refractivity contribution in [2.45, 2.75) is 0 Å². The molecule has 0 radical (unpaired) electrons. The van der Waals surface area contributed by atoms with Crippen molar-refractivity contribution in [3.63, 3.8) is 0 Å². The third kappa shape index (κ3) is 1.89. The van der Waals surface area contributed by atoms with E-state index in [2.05, 4.69) is 12.1 Å². The first-order valence-corrected chi connectivity index (χ1v) is 7.17. The minimum Gasteiger partial charge on any atom is -0.508 e. The van der Waals surface area contributed by atoms with Gasteiger partial charge in [-0.05, 0) is 45.3 Å². The monoisotopic (exact) mass is 286 g/mol. The molecule has 4 aromatic rings. The third-order valence-corrected chi connectivity index (χ3v) is 4.04. The van der Waals surface area contributed by atoms with Crippen molar-refractivity contribution in [2.24, 2.45) is 0 Å². The van der Waals surface area contributed by atoms with Gasteiger partial charge in [0, 0.05) is 5.56 Å². The zero-order valence-corrected chi connectivity index (χ0v) is 11.8. The fourth-order valence-electron chi connectivity index (χ4n) is 3.02. The Kier molecular flexibility index (Phi) is 2.76. The van der Waals surface area contributed by atoms with Gasteiger partial charge in [0.1, 0.15) is 11.5 Å². The predicted octanol–water partition coefficient (Wildman–Crippen LogP) is 5.07. The van der Waals surface area contributed by atoms with E-state index in [1.807, 2.05) is 42.5 Å². The maximum absolute atomic E-state index is 10.4. The highest BCUT2D eigenvalue weighted by atomic mass is 16.3. The fourth-order valence-corrected chi connectivity index (χ4v) is 3.02. The van der Waals surface area contributed by atoms with Gasteiger partial charge in [-0.25, -0.2) is 0 Å². The van der Waals surface area contributed by atoms with Crippen molar-refractivity contribution in [2.75, 3.05) is 0 Å². The van der Waals surface area contributed by atoms with E-state index in [0.29, 0.717) is 0 Å². The van der Waals surface area contributed by atoms with Crippen LogP contribution in [0.4, 0.5) is 0 Å². The average Bonchev–Trinajstić information content (AvgIpc) is 2.54. The summed E-state index contributed by atoms with van der Waals surface area (Å²) in [5, 5.41) is 24.3. The lowest BCUT2D eigenvalue weighted by atomic mass is 9.93. The second-order valence-corrected chi connectivity index (χ2v) is 5.39. The molecule has 0 heterocycles. The summed E-state index contributed by atoms with van der Waals surface area (Å²) in [5.41, 5.74) is 1.72. The molecule has 0 aliphatic carbocycles. The summed E-state index contributed by atoms with van der Waals surface area (Å²) in [6.07, 6.45) is 0. The summed E-state index contributed by atoms with van der Waals surface area (Å²) >= 11 is 0. The van der Waals surface area contributed by atoms with Gasteiger partial charge in [0.2, 0.25) is 0 Å². The van der Waals surface area contributed by atoms with Gasteiger partial charge >= 0.3 is 0 Å². The molecular weight excluding hydrogens is 272 g/mol. The molecule has 2 heteroatoms. The highest BCUT2D eigenvalue weighted by Crippen LogP contribution is 2.40. The summed E-state index contributed by atoms with van der Waals surface area (Å²) in [6, 6.07) is 22.9. The zero-order chi connectivity index (χ0) is 15.1. The van der Waals surface area contributed by atoms with Crippen LogP contribution in [0, 0.1) is 0 Å².